The molecule has 25 heavy (non-hydrogen) atoms. The molecule has 0 radical (unpaired) electrons. The summed E-state index contributed by atoms with van der Waals surface area (Å²) in [5.41, 5.74) is 1.47. The average Bonchev–Trinajstić information content (AvgIpc) is 3.23. The standard InChI is InChI=1S/C18H22FN3O3/c1-3-22-16(9-12(2)21-22)18(23)20-15-10-13(19)6-7-17(15)25-11-14-5-4-8-24-14/h6-7,9-10,14H,3-5,8,11H2,1-2H3,(H,20,23). The van der Waals surface area contributed by atoms with Crippen LogP contribution in [0.5, 0.6) is 5.75 Å². The first kappa shape index (κ1) is 17.4. The average molecular weight is 347 g/mol. The second kappa shape index (κ2) is 7.65. The molecule has 7 heteroatoms. The maximum atomic E-state index is 13.6. The quantitative estimate of drug-likeness (QED) is 0.872. The molecule has 0 saturated carbocycles. The molecule has 134 valence electrons. The SMILES string of the molecule is CCn1nc(C)cc1C(=O)Nc1cc(F)ccc1OCC1CCCO1. The number of ether oxygens (including phenoxy) is 2. The highest BCUT2D eigenvalue weighted by molar-refractivity contribution is 6.04. The molecule has 1 aromatic carbocycles. The summed E-state index contributed by atoms with van der Waals surface area (Å²) >= 11 is 0. The van der Waals surface area contributed by atoms with E-state index in [1.54, 1.807) is 10.7 Å². The van der Waals surface area contributed by atoms with Crippen molar-refractivity contribution < 1.29 is 18.7 Å². The van der Waals surface area contributed by atoms with Crippen molar-refractivity contribution in [2.24, 2.45) is 0 Å². The van der Waals surface area contributed by atoms with Gasteiger partial charge >= 0.3 is 0 Å². The number of carbonyl (C=O) groups is 1. The Kier molecular flexibility index (Phi) is 5.33. The minimum Gasteiger partial charge on any atom is -0.489 e. The summed E-state index contributed by atoms with van der Waals surface area (Å²) in [5, 5.41) is 6.98. The Morgan fingerprint density at radius 3 is 3.04 bits per heavy atom. The van der Waals surface area contributed by atoms with Crippen molar-refractivity contribution in [2.75, 3.05) is 18.5 Å². The summed E-state index contributed by atoms with van der Waals surface area (Å²) in [6, 6.07) is 5.77. The van der Waals surface area contributed by atoms with Crippen molar-refractivity contribution in [3.63, 3.8) is 0 Å². The van der Waals surface area contributed by atoms with E-state index < -0.39 is 5.82 Å². The number of nitrogens with one attached hydrogen (secondary N) is 1. The second-order valence-corrected chi connectivity index (χ2v) is 6.03. The van der Waals surface area contributed by atoms with Gasteiger partial charge < -0.3 is 14.8 Å². The van der Waals surface area contributed by atoms with Gasteiger partial charge in [-0.1, -0.05) is 0 Å². The minimum atomic E-state index is -0.444. The second-order valence-electron chi connectivity index (χ2n) is 6.03. The van der Waals surface area contributed by atoms with Gasteiger partial charge in [0.2, 0.25) is 0 Å². The van der Waals surface area contributed by atoms with Gasteiger partial charge in [0.1, 0.15) is 23.9 Å². The number of amides is 1. The Morgan fingerprint density at radius 2 is 2.32 bits per heavy atom. The van der Waals surface area contributed by atoms with Gasteiger partial charge in [-0.05, 0) is 44.9 Å². The molecule has 1 atom stereocenters. The first-order chi connectivity index (χ1) is 12.1. The molecule has 0 bridgehead atoms. The fourth-order valence-electron chi connectivity index (χ4n) is 2.84. The molecule has 2 aromatic rings. The van der Waals surface area contributed by atoms with Crippen LogP contribution in [0.3, 0.4) is 0 Å². The van der Waals surface area contributed by atoms with Crippen molar-refractivity contribution in [3.8, 4) is 5.75 Å². The smallest absolute Gasteiger partial charge is 0.274 e. The number of hydrogen-bond acceptors (Lipinski definition) is 4. The molecule has 1 saturated heterocycles. The van der Waals surface area contributed by atoms with Crippen LogP contribution in [0, 0.1) is 12.7 Å². The molecule has 1 aromatic heterocycles. The number of nitrogens with zero attached hydrogens (tertiary/aromatic N) is 2. The summed E-state index contributed by atoms with van der Waals surface area (Å²) in [6.07, 6.45) is 2.00. The van der Waals surface area contributed by atoms with Crippen molar-refractivity contribution in [2.45, 2.75) is 39.3 Å². The molecule has 0 spiro atoms. The molecule has 1 aliphatic heterocycles. The van der Waals surface area contributed by atoms with Gasteiger partial charge in [0.05, 0.1) is 17.5 Å². The predicted octanol–water partition coefficient (Wildman–Crippen LogP) is 3.16. The molecule has 2 heterocycles. The highest BCUT2D eigenvalue weighted by Gasteiger charge is 2.19. The fraction of sp³-hybridized carbons (Fsp3) is 0.444. The highest BCUT2D eigenvalue weighted by atomic mass is 19.1. The first-order valence-corrected chi connectivity index (χ1v) is 8.46. The van der Waals surface area contributed by atoms with E-state index in [-0.39, 0.29) is 12.0 Å². The number of aromatic nitrogens is 2. The molecule has 3 rings (SSSR count). The molecule has 1 fully saturated rings. The molecule has 1 unspecified atom stereocenters. The van der Waals surface area contributed by atoms with Gasteiger partial charge in [0.25, 0.3) is 5.91 Å². The monoisotopic (exact) mass is 347 g/mol. The van der Waals surface area contributed by atoms with Crippen LogP contribution in [0.15, 0.2) is 24.3 Å². The predicted molar refractivity (Wildman–Crippen MR) is 91.5 cm³/mol. The number of halogens is 1. The zero-order valence-electron chi connectivity index (χ0n) is 14.4. The minimum absolute atomic E-state index is 0.0396. The van der Waals surface area contributed by atoms with E-state index in [2.05, 4.69) is 10.4 Å². The lowest BCUT2D eigenvalue weighted by atomic mass is 10.2. The Hall–Kier alpha value is -2.41. The molecular weight excluding hydrogens is 325 g/mol. The number of rotatable bonds is 6. The number of carbonyl (C=O) groups excluding carboxylic acids is 1. The number of anilines is 1. The lowest BCUT2D eigenvalue weighted by Crippen LogP contribution is -2.20. The van der Waals surface area contributed by atoms with Crippen LogP contribution >= 0.6 is 0 Å². The van der Waals surface area contributed by atoms with E-state index in [1.165, 1.54) is 18.2 Å². The molecular formula is C18H22FN3O3. The van der Waals surface area contributed by atoms with Crippen LogP contribution in [-0.2, 0) is 11.3 Å². The first-order valence-electron chi connectivity index (χ1n) is 8.46. The zero-order chi connectivity index (χ0) is 17.8. The Bertz CT molecular complexity index is 754. The third-order valence-electron chi connectivity index (χ3n) is 4.07. The normalized spacial score (nSPS) is 16.8. The van der Waals surface area contributed by atoms with Crippen molar-refractivity contribution >= 4 is 11.6 Å². The van der Waals surface area contributed by atoms with Gasteiger partial charge in [-0.15, -0.1) is 0 Å². The summed E-state index contributed by atoms with van der Waals surface area (Å²) in [7, 11) is 0. The number of hydrogen-bond donors (Lipinski definition) is 1. The fourth-order valence-corrected chi connectivity index (χ4v) is 2.84. The topological polar surface area (TPSA) is 65.4 Å². The molecule has 6 nitrogen and oxygen atoms in total. The van der Waals surface area contributed by atoms with Crippen molar-refractivity contribution in [3.05, 3.63) is 41.5 Å². The summed E-state index contributed by atoms with van der Waals surface area (Å²) < 4.78 is 26.5. The Morgan fingerprint density at radius 1 is 1.48 bits per heavy atom. The largest absolute Gasteiger partial charge is 0.489 e. The Labute approximate surface area is 145 Å². The Balaban J connectivity index is 1.75. The van der Waals surface area contributed by atoms with E-state index in [0.29, 0.717) is 30.3 Å². The van der Waals surface area contributed by atoms with Gasteiger partial charge in [-0.25, -0.2) is 4.39 Å². The van der Waals surface area contributed by atoms with E-state index in [9.17, 15) is 9.18 Å². The van der Waals surface area contributed by atoms with Crippen LogP contribution in [0.25, 0.3) is 0 Å². The van der Waals surface area contributed by atoms with Crippen LogP contribution in [0.2, 0.25) is 0 Å². The third-order valence-corrected chi connectivity index (χ3v) is 4.07. The maximum absolute atomic E-state index is 13.6. The molecule has 1 N–H and O–H groups in total. The van der Waals surface area contributed by atoms with Crippen LogP contribution in [0.4, 0.5) is 10.1 Å². The van der Waals surface area contributed by atoms with Crippen LogP contribution in [-0.4, -0.2) is 35.0 Å². The summed E-state index contributed by atoms with van der Waals surface area (Å²) in [5.74, 6) is -0.375. The van der Waals surface area contributed by atoms with Gasteiger partial charge in [-0.3, -0.25) is 9.48 Å². The summed E-state index contributed by atoms with van der Waals surface area (Å²) in [6.45, 7) is 5.41. The summed E-state index contributed by atoms with van der Waals surface area (Å²) in [4.78, 5) is 12.6. The van der Waals surface area contributed by atoms with E-state index in [4.69, 9.17) is 9.47 Å². The van der Waals surface area contributed by atoms with Gasteiger partial charge in [0, 0.05) is 19.2 Å². The molecule has 1 aliphatic rings. The third kappa shape index (κ3) is 4.17. The molecule has 1 amide bonds. The van der Waals surface area contributed by atoms with Crippen molar-refractivity contribution in [1.82, 2.24) is 9.78 Å². The highest BCUT2D eigenvalue weighted by Crippen LogP contribution is 2.27. The molecule has 0 aliphatic carbocycles. The van der Waals surface area contributed by atoms with E-state index in [0.717, 1.165) is 25.1 Å². The number of benzene rings is 1. The van der Waals surface area contributed by atoms with Crippen molar-refractivity contribution in [1.29, 1.82) is 0 Å². The lowest BCUT2D eigenvalue weighted by molar-refractivity contribution is 0.0681. The van der Waals surface area contributed by atoms with Crippen LogP contribution < -0.4 is 10.1 Å². The van der Waals surface area contributed by atoms with E-state index >= 15 is 0 Å². The van der Waals surface area contributed by atoms with E-state index in [1.807, 2.05) is 13.8 Å². The van der Waals surface area contributed by atoms with Gasteiger partial charge in [-0.2, -0.15) is 5.10 Å². The van der Waals surface area contributed by atoms with Gasteiger partial charge in [0.15, 0.2) is 0 Å². The lowest BCUT2D eigenvalue weighted by Gasteiger charge is -2.15. The number of aryl methyl sites for hydroxylation is 2. The maximum Gasteiger partial charge on any atom is 0.274 e. The van der Waals surface area contributed by atoms with Crippen LogP contribution in [0.1, 0.15) is 35.9 Å². The zero-order valence-corrected chi connectivity index (χ0v) is 14.4.